The average Bonchev–Trinajstić information content (AvgIpc) is 2.02. The Balaban J connectivity index is 3.72. The highest BCUT2D eigenvalue weighted by molar-refractivity contribution is 5.75. The standard InChI is InChI=1S/C11H18O2/c1-5-6-7-8-9-13-10(12)11(2,3)4/h5-8H,9H2,1-4H3/b6-5+,8-7+. The van der Waals surface area contributed by atoms with Crippen LogP contribution in [0.5, 0.6) is 0 Å². The van der Waals surface area contributed by atoms with Crippen molar-refractivity contribution in [2.24, 2.45) is 5.41 Å². The summed E-state index contributed by atoms with van der Waals surface area (Å²) in [7, 11) is 0. The van der Waals surface area contributed by atoms with E-state index >= 15 is 0 Å². The molecular formula is C11H18O2. The van der Waals surface area contributed by atoms with Gasteiger partial charge in [0.25, 0.3) is 0 Å². The summed E-state index contributed by atoms with van der Waals surface area (Å²) in [5, 5.41) is 0. The number of esters is 1. The van der Waals surface area contributed by atoms with E-state index in [-0.39, 0.29) is 5.97 Å². The fourth-order valence-electron chi connectivity index (χ4n) is 0.586. The van der Waals surface area contributed by atoms with E-state index in [9.17, 15) is 4.79 Å². The molecule has 0 aromatic carbocycles. The number of rotatable bonds is 3. The maximum absolute atomic E-state index is 11.2. The first-order chi connectivity index (χ1) is 5.98. The first-order valence-electron chi connectivity index (χ1n) is 4.43. The van der Waals surface area contributed by atoms with Crippen molar-refractivity contribution in [3.8, 4) is 0 Å². The second-order valence-corrected chi connectivity index (χ2v) is 3.80. The summed E-state index contributed by atoms with van der Waals surface area (Å²) in [4.78, 5) is 11.2. The van der Waals surface area contributed by atoms with Gasteiger partial charge in [-0.15, -0.1) is 0 Å². The molecule has 0 unspecified atom stereocenters. The molecule has 74 valence electrons. The Morgan fingerprint density at radius 3 is 2.38 bits per heavy atom. The molecule has 0 spiro atoms. The van der Waals surface area contributed by atoms with Gasteiger partial charge in [0, 0.05) is 0 Å². The van der Waals surface area contributed by atoms with Crippen molar-refractivity contribution in [2.75, 3.05) is 6.61 Å². The molecule has 0 aliphatic carbocycles. The fraction of sp³-hybridized carbons (Fsp3) is 0.545. The molecule has 0 aliphatic rings. The van der Waals surface area contributed by atoms with Gasteiger partial charge in [0.05, 0.1) is 5.41 Å². The minimum Gasteiger partial charge on any atom is -0.461 e. The monoisotopic (exact) mass is 182 g/mol. The highest BCUT2D eigenvalue weighted by Gasteiger charge is 2.22. The van der Waals surface area contributed by atoms with Gasteiger partial charge in [-0.05, 0) is 33.8 Å². The number of carbonyl (C=O) groups excluding carboxylic acids is 1. The lowest BCUT2D eigenvalue weighted by Crippen LogP contribution is -2.22. The van der Waals surface area contributed by atoms with Crippen LogP contribution in [0.25, 0.3) is 0 Å². The summed E-state index contributed by atoms with van der Waals surface area (Å²) in [6.07, 6.45) is 7.48. The van der Waals surface area contributed by atoms with Gasteiger partial charge in [-0.25, -0.2) is 0 Å². The van der Waals surface area contributed by atoms with Crippen LogP contribution in [0.4, 0.5) is 0 Å². The van der Waals surface area contributed by atoms with Gasteiger partial charge in [-0.1, -0.05) is 18.2 Å². The summed E-state index contributed by atoms with van der Waals surface area (Å²) < 4.78 is 4.99. The quantitative estimate of drug-likeness (QED) is 0.495. The molecule has 0 aromatic rings. The fourth-order valence-corrected chi connectivity index (χ4v) is 0.586. The number of allylic oxidation sites excluding steroid dienone is 3. The molecule has 0 heterocycles. The summed E-state index contributed by atoms with van der Waals surface area (Å²) in [6, 6.07) is 0. The zero-order valence-corrected chi connectivity index (χ0v) is 8.83. The number of ether oxygens (including phenoxy) is 1. The normalized spacial score (nSPS) is 12.6. The van der Waals surface area contributed by atoms with Crippen molar-refractivity contribution >= 4 is 5.97 Å². The molecule has 0 rings (SSSR count). The van der Waals surface area contributed by atoms with Gasteiger partial charge in [0.2, 0.25) is 0 Å². The molecule has 0 aliphatic heterocycles. The highest BCUT2D eigenvalue weighted by Crippen LogP contribution is 2.14. The van der Waals surface area contributed by atoms with Gasteiger partial charge >= 0.3 is 5.97 Å². The zero-order valence-electron chi connectivity index (χ0n) is 8.83. The van der Waals surface area contributed by atoms with Gasteiger partial charge in [-0.2, -0.15) is 0 Å². The predicted octanol–water partition coefficient (Wildman–Crippen LogP) is 2.71. The van der Waals surface area contributed by atoms with Crippen molar-refractivity contribution in [3.63, 3.8) is 0 Å². The van der Waals surface area contributed by atoms with Gasteiger partial charge in [0.1, 0.15) is 6.61 Å². The average molecular weight is 182 g/mol. The maximum Gasteiger partial charge on any atom is 0.311 e. The lowest BCUT2D eigenvalue weighted by molar-refractivity contribution is -0.151. The molecule has 0 N–H and O–H groups in total. The van der Waals surface area contributed by atoms with E-state index < -0.39 is 5.41 Å². The second-order valence-electron chi connectivity index (χ2n) is 3.80. The SMILES string of the molecule is C/C=C/C=C/COC(=O)C(C)(C)C. The molecule has 2 heteroatoms. The Hall–Kier alpha value is -1.05. The van der Waals surface area contributed by atoms with Gasteiger partial charge in [-0.3, -0.25) is 4.79 Å². The lowest BCUT2D eigenvalue weighted by atomic mass is 9.97. The van der Waals surface area contributed by atoms with Crippen LogP contribution >= 0.6 is 0 Å². The molecule has 13 heavy (non-hydrogen) atoms. The largest absolute Gasteiger partial charge is 0.461 e. The van der Waals surface area contributed by atoms with Gasteiger partial charge in [0.15, 0.2) is 0 Å². The molecule has 2 nitrogen and oxygen atoms in total. The van der Waals surface area contributed by atoms with Crippen molar-refractivity contribution < 1.29 is 9.53 Å². The first-order valence-corrected chi connectivity index (χ1v) is 4.43. The summed E-state index contributed by atoms with van der Waals surface area (Å²) in [6.45, 7) is 7.80. The summed E-state index contributed by atoms with van der Waals surface area (Å²) in [5.74, 6) is -0.169. The lowest BCUT2D eigenvalue weighted by Gasteiger charge is -2.15. The Morgan fingerprint density at radius 2 is 1.92 bits per heavy atom. The van der Waals surface area contributed by atoms with E-state index in [1.165, 1.54) is 0 Å². The molecule has 0 amide bonds. The Kier molecular flexibility index (Phi) is 5.12. The number of hydrogen-bond acceptors (Lipinski definition) is 2. The molecule has 0 aromatic heterocycles. The molecule has 0 saturated heterocycles. The third kappa shape index (κ3) is 6.14. The van der Waals surface area contributed by atoms with Crippen LogP contribution in [0.3, 0.4) is 0 Å². The third-order valence-corrected chi connectivity index (χ3v) is 1.36. The summed E-state index contributed by atoms with van der Waals surface area (Å²) in [5.41, 5.74) is -0.408. The zero-order chi connectivity index (χ0) is 10.3. The first kappa shape index (κ1) is 11.9. The molecule has 0 saturated carbocycles. The third-order valence-electron chi connectivity index (χ3n) is 1.36. The maximum atomic E-state index is 11.2. The van der Waals surface area contributed by atoms with Crippen molar-refractivity contribution in [3.05, 3.63) is 24.3 Å². The predicted molar refractivity (Wildman–Crippen MR) is 54.4 cm³/mol. The summed E-state index contributed by atoms with van der Waals surface area (Å²) >= 11 is 0. The van der Waals surface area contributed by atoms with Gasteiger partial charge < -0.3 is 4.74 Å². The minimum atomic E-state index is -0.408. The Labute approximate surface area is 80.3 Å². The van der Waals surface area contributed by atoms with E-state index in [2.05, 4.69) is 0 Å². The molecule has 0 atom stereocenters. The van der Waals surface area contributed by atoms with E-state index in [1.54, 1.807) is 0 Å². The number of carbonyl (C=O) groups is 1. The Morgan fingerprint density at radius 1 is 1.31 bits per heavy atom. The van der Waals surface area contributed by atoms with Crippen LogP contribution < -0.4 is 0 Å². The van der Waals surface area contributed by atoms with Crippen LogP contribution in [0, 0.1) is 5.41 Å². The Bertz CT molecular complexity index is 207. The van der Waals surface area contributed by atoms with Crippen LogP contribution in [0.2, 0.25) is 0 Å². The van der Waals surface area contributed by atoms with Crippen LogP contribution in [-0.2, 0) is 9.53 Å². The van der Waals surface area contributed by atoms with Crippen LogP contribution in [0.1, 0.15) is 27.7 Å². The smallest absolute Gasteiger partial charge is 0.311 e. The van der Waals surface area contributed by atoms with Crippen molar-refractivity contribution in [2.45, 2.75) is 27.7 Å². The number of hydrogen-bond donors (Lipinski definition) is 0. The van der Waals surface area contributed by atoms with E-state index in [4.69, 9.17) is 4.74 Å². The van der Waals surface area contributed by atoms with Crippen LogP contribution in [-0.4, -0.2) is 12.6 Å². The van der Waals surface area contributed by atoms with Crippen molar-refractivity contribution in [1.82, 2.24) is 0 Å². The second kappa shape index (κ2) is 5.57. The molecular weight excluding hydrogens is 164 g/mol. The highest BCUT2D eigenvalue weighted by atomic mass is 16.5. The molecule has 0 bridgehead atoms. The van der Waals surface area contributed by atoms with E-state index in [1.807, 2.05) is 52.0 Å². The van der Waals surface area contributed by atoms with E-state index in [0.29, 0.717) is 6.61 Å². The van der Waals surface area contributed by atoms with Crippen LogP contribution in [0.15, 0.2) is 24.3 Å². The van der Waals surface area contributed by atoms with E-state index in [0.717, 1.165) is 0 Å². The van der Waals surface area contributed by atoms with Crippen molar-refractivity contribution in [1.29, 1.82) is 0 Å². The topological polar surface area (TPSA) is 26.3 Å². The molecule has 0 fully saturated rings. The molecule has 0 radical (unpaired) electrons. The minimum absolute atomic E-state index is 0.169.